The number of rotatable bonds is 5. The first-order valence-electron chi connectivity index (χ1n) is 5.31. The molecule has 0 aliphatic carbocycles. The Labute approximate surface area is 94.6 Å². The minimum Gasteiger partial charge on any atom is -0.346 e. The highest BCUT2D eigenvalue weighted by Crippen LogP contribution is 2.03. The van der Waals surface area contributed by atoms with Gasteiger partial charge in [0, 0.05) is 0 Å². The smallest absolute Gasteiger partial charge is 0.246 e. The molecule has 0 radical (unpaired) electrons. The van der Waals surface area contributed by atoms with Crippen molar-refractivity contribution in [2.75, 3.05) is 0 Å². The van der Waals surface area contributed by atoms with Gasteiger partial charge in [0.1, 0.15) is 0 Å². The summed E-state index contributed by atoms with van der Waals surface area (Å²) in [6.45, 7) is 5.99. The van der Waals surface area contributed by atoms with Crippen LogP contribution in [-0.4, -0.2) is 22.1 Å². The van der Waals surface area contributed by atoms with E-state index in [9.17, 15) is 4.79 Å². The number of nitrogens with zero attached hydrogens (tertiary/aromatic N) is 2. The summed E-state index contributed by atoms with van der Waals surface area (Å²) in [5, 5.41) is 6.28. The second-order valence-corrected chi connectivity index (χ2v) is 4.19. The number of hydrogen-bond acceptors (Lipinski definition) is 5. The van der Waals surface area contributed by atoms with E-state index in [1.165, 1.54) is 0 Å². The second-order valence-electron chi connectivity index (χ2n) is 4.19. The maximum absolute atomic E-state index is 11.5. The predicted octanol–water partition coefficient (Wildman–Crippen LogP) is 0.368. The van der Waals surface area contributed by atoms with Crippen molar-refractivity contribution in [2.24, 2.45) is 11.7 Å². The van der Waals surface area contributed by atoms with Crippen molar-refractivity contribution in [1.82, 2.24) is 15.5 Å². The molecule has 1 rings (SSSR count). The van der Waals surface area contributed by atoms with Gasteiger partial charge in [-0.25, -0.2) is 0 Å². The van der Waals surface area contributed by atoms with Crippen LogP contribution in [0, 0.1) is 12.8 Å². The monoisotopic (exact) mass is 226 g/mol. The molecule has 0 aliphatic heterocycles. The van der Waals surface area contributed by atoms with E-state index in [1.807, 2.05) is 13.8 Å². The second kappa shape index (κ2) is 5.60. The quantitative estimate of drug-likeness (QED) is 0.756. The molecule has 0 saturated carbocycles. The van der Waals surface area contributed by atoms with Gasteiger partial charge in [-0.1, -0.05) is 19.0 Å². The lowest BCUT2D eigenvalue weighted by atomic mass is 10.0. The molecule has 6 nitrogen and oxygen atoms in total. The molecule has 16 heavy (non-hydrogen) atoms. The number of carbonyl (C=O) groups is 1. The average molecular weight is 226 g/mol. The van der Waals surface area contributed by atoms with Crippen LogP contribution in [0.4, 0.5) is 0 Å². The van der Waals surface area contributed by atoms with E-state index < -0.39 is 6.04 Å². The molecule has 6 heteroatoms. The highest BCUT2D eigenvalue weighted by atomic mass is 16.5. The third-order valence-corrected chi connectivity index (χ3v) is 2.05. The SMILES string of the molecule is Cc1noc(CNC(=O)[C@@H](N)CC(C)C)n1. The summed E-state index contributed by atoms with van der Waals surface area (Å²) in [5.41, 5.74) is 5.71. The molecule has 3 N–H and O–H groups in total. The van der Waals surface area contributed by atoms with Gasteiger partial charge < -0.3 is 15.6 Å². The van der Waals surface area contributed by atoms with E-state index in [0.29, 0.717) is 24.1 Å². The standard InChI is InChI=1S/C10H18N4O2/c1-6(2)4-8(11)10(15)12-5-9-13-7(3)14-16-9/h6,8H,4-5,11H2,1-3H3,(H,12,15)/t8-/m0/s1. The van der Waals surface area contributed by atoms with Gasteiger partial charge >= 0.3 is 0 Å². The lowest BCUT2D eigenvalue weighted by Gasteiger charge is -2.12. The molecule has 0 saturated heterocycles. The minimum atomic E-state index is -0.482. The zero-order valence-corrected chi connectivity index (χ0v) is 9.86. The predicted molar refractivity (Wildman–Crippen MR) is 58.3 cm³/mol. The lowest BCUT2D eigenvalue weighted by Crippen LogP contribution is -2.41. The van der Waals surface area contributed by atoms with Crippen LogP contribution in [0.3, 0.4) is 0 Å². The summed E-state index contributed by atoms with van der Waals surface area (Å²) in [6.07, 6.45) is 0.661. The molecule has 0 bridgehead atoms. The Hall–Kier alpha value is -1.43. The maximum atomic E-state index is 11.5. The lowest BCUT2D eigenvalue weighted by molar-refractivity contribution is -0.123. The molecule has 90 valence electrons. The van der Waals surface area contributed by atoms with Crippen molar-refractivity contribution < 1.29 is 9.32 Å². The molecule has 1 heterocycles. The molecule has 0 fully saturated rings. The molecule has 1 atom stereocenters. The summed E-state index contributed by atoms with van der Waals surface area (Å²) >= 11 is 0. The maximum Gasteiger partial charge on any atom is 0.246 e. The fourth-order valence-corrected chi connectivity index (χ4v) is 1.32. The molecular weight excluding hydrogens is 208 g/mol. The number of aryl methyl sites for hydroxylation is 1. The normalized spacial score (nSPS) is 12.8. The van der Waals surface area contributed by atoms with Gasteiger partial charge in [0.05, 0.1) is 12.6 Å². The number of aromatic nitrogens is 2. The number of nitrogens with one attached hydrogen (secondary N) is 1. The van der Waals surface area contributed by atoms with Crippen LogP contribution in [-0.2, 0) is 11.3 Å². The van der Waals surface area contributed by atoms with E-state index in [1.54, 1.807) is 6.92 Å². The molecule has 0 unspecified atom stereocenters. The van der Waals surface area contributed by atoms with E-state index in [2.05, 4.69) is 15.5 Å². The summed E-state index contributed by atoms with van der Waals surface area (Å²) in [6, 6.07) is -0.482. The average Bonchev–Trinajstić information content (AvgIpc) is 2.59. The Kier molecular flexibility index (Phi) is 4.42. The van der Waals surface area contributed by atoms with E-state index >= 15 is 0 Å². The molecule has 1 aromatic rings. The first kappa shape index (κ1) is 12.6. The van der Waals surface area contributed by atoms with Crippen molar-refractivity contribution in [3.63, 3.8) is 0 Å². The van der Waals surface area contributed by atoms with Gasteiger partial charge in [0.15, 0.2) is 5.82 Å². The van der Waals surface area contributed by atoms with Crippen LogP contribution >= 0.6 is 0 Å². The third kappa shape index (κ3) is 3.98. The number of carbonyl (C=O) groups excluding carboxylic acids is 1. The first-order valence-corrected chi connectivity index (χ1v) is 5.31. The number of hydrogen-bond donors (Lipinski definition) is 2. The summed E-state index contributed by atoms with van der Waals surface area (Å²) < 4.78 is 4.86. The topological polar surface area (TPSA) is 94.0 Å². The third-order valence-electron chi connectivity index (χ3n) is 2.05. The minimum absolute atomic E-state index is 0.190. The van der Waals surface area contributed by atoms with Crippen molar-refractivity contribution >= 4 is 5.91 Å². The van der Waals surface area contributed by atoms with Crippen molar-refractivity contribution in [3.05, 3.63) is 11.7 Å². The van der Waals surface area contributed by atoms with Crippen LogP contribution in [0.25, 0.3) is 0 Å². The molecule has 1 amide bonds. The van der Waals surface area contributed by atoms with Crippen molar-refractivity contribution in [3.8, 4) is 0 Å². The van der Waals surface area contributed by atoms with Crippen molar-refractivity contribution in [2.45, 2.75) is 39.8 Å². The van der Waals surface area contributed by atoms with Gasteiger partial charge in [0.2, 0.25) is 11.8 Å². The zero-order chi connectivity index (χ0) is 12.1. The Morgan fingerprint density at radius 1 is 1.56 bits per heavy atom. The fourth-order valence-electron chi connectivity index (χ4n) is 1.32. The molecular formula is C10H18N4O2. The molecule has 1 aromatic heterocycles. The molecule has 0 aliphatic rings. The number of nitrogens with two attached hydrogens (primary N) is 1. The van der Waals surface area contributed by atoms with Gasteiger partial charge in [-0.05, 0) is 19.3 Å². The first-order chi connectivity index (χ1) is 7.49. The van der Waals surface area contributed by atoms with Gasteiger partial charge in [-0.15, -0.1) is 0 Å². The van der Waals surface area contributed by atoms with E-state index in [0.717, 1.165) is 0 Å². The van der Waals surface area contributed by atoms with E-state index in [-0.39, 0.29) is 12.5 Å². The molecule has 0 aromatic carbocycles. The molecule has 0 spiro atoms. The largest absolute Gasteiger partial charge is 0.346 e. The highest BCUT2D eigenvalue weighted by molar-refractivity contribution is 5.81. The van der Waals surface area contributed by atoms with Gasteiger partial charge in [-0.2, -0.15) is 4.98 Å². The summed E-state index contributed by atoms with van der Waals surface area (Å²) in [4.78, 5) is 15.5. The van der Waals surface area contributed by atoms with Crippen LogP contribution in [0.5, 0.6) is 0 Å². The summed E-state index contributed by atoms with van der Waals surface area (Å²) in [7, 11) is 0. The van der Waals surface area contributed by atoms with E-state index in [4.69, 9.17) is 10.3 Å². The Bertz CT molecular complexity index is 348. The fraction of sp³-hybridized carbons (Fsp3) is 0.700. The highest BCUT2D eigenvalue weighted by Gasteiger charge is 2.15. The zero-order valence-electron chi connectivity index (χ0n) is 9.86. The van der Waals surface area contributed by atoms with Crippen LogP contribution < -0.4 is 11.1 Å². The Balaban J connectivity index is 2.35. The Morgan fingerprint density at radius 2 is 2.25 bits per heavy atom. The van der Waals surface area contributed by atoms with Crippen molar-refractivity contribution in [1.29, 1.82) is 0 Å². The van der Waals surface area contributed by atoms with Gasteiger partial charge in [-0.3, -0.25) is 4.79 Å². The Morgan fingerprint density at radius 3 is 2.75 bits per heavy atom. The van der Waals surface area contributed by atoms with Crippen LogP contribution in [0.1, 0.15) is 32.0 Å². The summed E-state index contributed by atoms with van der Waals surface area (Å²) in [5.74, 6) is 1.15. The number of amides is 1. The van der Waals surface area contributed by atoms with Crippen LogP contribution in [0.15, 0.2) is 4.52 Å². The van der Waals surface area contributed by atoms with Gasteiger partial charge in [0.25, 0.3) is 0 Å². The van der Waals surface area contributed by atoms with Crippen LogP contribution in [0.2, 0.25) is 0 Å².